The van der Waals surface area contributed by atoms with E-state index in [0.717, 1.165) is 56.5 Å². The van der Waals surface area contributed by atoms with Gasteiger partial charge in [-0.05, 0) is 66.8 Å². The Morgan fingerprint density at radius 3 is 2.34 bits per heavy atom. The van der Waals surface area contributed by atoms with Crippen LogP contribution < -0.4 is 4.74 Å². The molecule has 0 amide bonds. The Kier molecular flexibility index (Phi) is 8.10. The van der Waals surface area contributed by atoms with Crippen LogP contribution in [0.4, 0.5) is 17.6 Å². The minimum atomic E-state index is -4.90. The molecule has 2 aliphatic rings. The van der Waals surface area contributed by atoms with E-state index in [1.807, 2.05) is 0 Å². The van der Waals surface area contributed by atoms with Gasteiger partial charge in [0.25, 0.3) is 0 Å². The molecule has 2 saturated carbocycles. The highest BCUT2D eigenvalue weighted by Gasteiger charge is 2.41. The highest BCUT2D eigenvalue weighted by Crippen LogP contribution is 2.46. The number of carboxylic acids is 1. The topological polar surface area (TPSA) is 107 Å². The molecule has 1 N–H and O–H groups in total. The Bertz CT molecular complexity index is 1410. The number of alkyl halides is 3. The highest BCUT2D eigenvalue weighted by molar-refractivity contribution is 5.95. The standard InChI is InChI=1S/C29H30F4N4O4/c1-16-5-7-19(8-6-16)26(38)25(18-3-2-4-18)20-12-23(30)24(13-21(20)28(39)40)41-27-22(29(31,32)33)11-17(14-34-27)15-37-35-9-10-36-37/h9-14,16,18-19,25H,2-8,15H2,1H3,(H,39,40). The van der Waals surface area contributed by atoms with Crippen molar-refractivity contribution in [1.82, 2.24) is 20.0 Å². The number of pyridine rings is 1. The number of nitrogens with zero attached hydrogens (tertiary/aromatic N) is 4. The molecule has 1 unspecified atom stereocenters. The number of aromatic carboxylic acids is 1. The smallest absolute Gasteiger partial charge is 0.421 e. The van der Waals surface area contributed by atoms with Gasteiger partial charge in [-0.3, -0.25) is 4.79 Å². The van der Waals surface area contributed by atoms with Crippen LogP contribution in [0.25, 0.3) is 0 Å². The molecule has 0 saturated heterocycles. The lowest BCUT2D eigenvalue weighted by Gasteiger charge is -2.37. The number of benzene rings is 1. The molecule has 41 heavy (non-hydrogen) atoms. The van der Waals surface area contributed by atoms with Crippen molar-refractivity contribution in [1.29, 1.82) is 0 Å². The number of carboxylic acid groups (broad SMARTS) is 1. The van der Waals surface area contributed by atoms with Crippen molar-refractivity contribution < 1.29 is 37.0 Å². The summed E-state index contributed by atoms with van der Waals surface area (Å²) < 4.78 is 62.5. The van der Waals surface area contributed by atoms with Crippen LogP contribution >= 0.6 is 0 Å². The summed E-state index contributed by atoms with van der Waals surface area (Å²) in [7, 11) is 0. The molecule has 3 aromatic rings. The number of halogens is 4. The molecule has 2 aromatic heterocycles. The van der Waals surface area contributed by atoms with E-state index in [9.17, 15) is 27.9 Å². The third-order valence-electron chi connectivity index (χ3n) is 8.23. The number of hydrogen-bond donors (Lipinski definition) is 1. The molecule has 2 aliphatic carbocycles. The molecule has 1 aromatic carbocycles. The van der Waals surface area contributed by atoms with E-state index >= 15 is 4.39 Å². The summed E-state index contributed by atoms with van der Waals surface area (Å²) in [5.41, 5.74) is -1.47. The number of hydrogen-bond acceptors (Lipinski definition) is 6. The molecule has 218 valence electrons. The summed E-state index contributed by atoms with van der Waals surface area (Å²) in [5.74, 6) is -4.86. The van der Waals surface area contributed by atoms with E-state index in [4.69, 9.17) is 4.74 Å². The van der Waals surface area contributed by atoms with Crippen LogP contribution in [0.5, 0.6) is 11.6 Å². The van der Waals surface area contributed by atoms with E-state index in [1.165, 1.54) is 17.2 Å². The first-order chi connectivity index (χ1) is 19.5. The molecule has 0 aliphatic heterocycles. The number of ether oxygens (including phenoxy) is 1. The van der Waals surface area contributed by atoms with Crippen LogP contribution in [0.3, 0.4) is 0 Å². The Morgan fingerprint density at radius 2 is 1.76 bits per heavy atom. The van der Waals surface area contributed by atoms with Crippen molar-refractivity contribution in [2.75, 3.05) is 0 Å². The zero-order valence-corrected chi connectivity index (χ0v) is 22.4. The van der Waals surface area contributed by atoms with Gasteiger partial charge in [0.1, 0.15) is 11.3 Å². The first kappa shape index (κ1) is 28.7. The molecule has 1 atom stereocenters. The minimum Gasteiger partial charge on any atom is -0.478 e. The Balaban J connectivity index is 1.49. The van der Waals surface area contributed by atoms with Crippen LogP contribution in [0.15, 0.2) is 36.8 Å². The van der Waals surface area contributed by atoms with E-state index in [2.05, 4.69) is 22.1 Å². The maximum absolute atomic E-state index is 15.5. The van der Waals surface area contributed by atoms with Gasteiger partial charge < -0.3 is 9.84 Å². The number of carbonyl (C=O) groups excluding carboxylic acids is 1. The van der Waals surface area contributed by atoms with Crippen LogP contribution in [-0.4, -0.2) is 36.8 Å². The van der Waals surface area contributed by atoms with E-state index in [1.54, 1.807) is 0 Å². The minimum absolute atomic E-state index is 0.0433. The Morgan fingerprint density at radius 1 is 1.07 bits per heavy atom. The molecule has 2 heterocycles. The van der Waals surface area contributed by atoms with Gasteiger partial charge in [-0.15, -0.1) is 0 Å². The van der Waals surface area contributed by atoms with Crippen LogP contribution in [0.1, 0.15) is 84.8 Å². The lowest BCUT2D eigenvalue weighted by molar-refractivity contribution is -0.139. The average molecular weight is 575 g/mol. The zero-order valence-electron chi connectivity index (χ0n) is 22.4. The maximum atomic E-state index is 15.5. The number of aromatic nitrogens is 4. The average Bonchev–Trinajstić information content (AvgIpc) is 3.40. The van der Waals surface area contributed by atoms with Crippen molar-refractivity contribution in [2.24, 2.45) is 17.8 Å². The fraction of sp³-hybridized carbons (Fsp3) is 0.483. The van der Waals surface area contributed by atoms with Gasteiger partial charge in [-0.2, -0.15) is 28.2 Å². The van der Waals surface area contributed by atoms with Gasteiger partial charge in [0, 0.05) is 18.0 Å². The summed E-state index contributed by atoms with van der Waals surface area (Å²) in [5, 5.41) is 17.8. The monoisotopic (exact) mass is 574 g/mol. The lowest BCUT2D eigenvalue weighted by Crippen LogP contribution is -2.34. The normalized spacial score (nSPS) is 20.3. The molecule has 2 fully saturated rings. The third-order valence-corrected chi connectivity index (χ3v) is 8.23. The first-order valence-electron chi connectivity index (χ1n) is 13.7. The van der Waals surface area contributed by atoms with Gasteiger partial charge in [0.05, 0.1) is 24.5 Å². The highest BCUT2D eigenvalue weighted by atomic mass is 19.4. The number of carbonyl (C=O) groups is 2. The number of Topliss-reactive ketones (excluding diaryl/α,β-unsaturated/α-hetero) is 1. The van der Waals surface area contributed by atoms with Gasteiger partial charge in [0.2, 0.25) is 5.88 Å². The van der Waals surface area contributed by atoms with Crippen molar-refractivity contribution in [3.8, 4) is 11.6 Å². The maximum Gasteiger partial charge on any atom is 0.421 e. The molecule has 0 bridgehead atoms. The third kappa shape index (κ3) is 6.25. The van der Waals surface area contributed by atoms with E-state index in [-0.39, 0.29) is 40.9 Å². The van der Waals surface area contributed by atoms with Gasteiger partial charge in [-0.25, -0.2) is 14.2 Å². The summed E-state index contributed by atoms with van der Waals surface area (Å²) in [6.07, 6.45) is 4.49. The van der Waals surface area contributed by atoms with Gasteiger partial charge >= 0.3 is 12.1 Å². The summed E-state index contributed by atoms with van der Waals surface area (Å²) in [6.45, 7) is 2.04. The molecule has 12 heteroatoms. The Labute approximate surface area is 233 Å². The van der Waals surface area contributed by atoms with Crippen molar-refractivity contribution in [3.63, 3.8) is 0 Å². The van der Waals surface area contributed by atoms with Crippen molar-refractivity contribution in [2.45, 2.75) is 70.5 Å². The van der Waals surface area contributed by atoms with Gasteiger partial charge in [-0.1, -0.05) is 26.2 Å². The Hall–Kier alpha value is -3.83. The van der Waals surface area contributed by atoms with E-state index in [0.29, 0.717) is 18.8 Å². The molecule has 8 nitrogen and oxygen atoms in total. The number of ketones is 1. The second-order valence-corrected chi connectivity index (χ2v) is 11.1. The van der Waals surface area contributed by atoms with Crippen molar-refractivity contribution >= 4 is 11.8 Å². The zero-order chi connectivity index (χ0) is 29.3. The molecular weight excluding hydrogens is 544 g/mol. The predicted octanol–water partition coefficient (Wildman–Crippen LogP) is 6.65. The fourth-order valence-corrected chi connectivity index (χ4v) is 5.76. The summed E-state index contributed by atoms with van der Waals surface area (Å²) in [6, 6.07) is 2.60. The molecule has 5 rings (SSSR count). The molecule has 0 spiro atoms. The fourth-order valence-electron chi connectivity index (χ4n) is 5.76. The van der Waals surface area contributed by atoms with E-state index < -0.39 is 41.1 Å². The SMILES string of the molecule is CC1CCC(C(=O)C(c2cc(F)c(Oc3ncc(Cn4nccn4)cc3C(F)(F)F)cc2C(=O)O)C2CCC2)CC1. The summed E-state index contributed by atoms with van der Waals surface area (Å²) in [4.78, 5) is 31.0. The largest absolute Gasteiger partial charge is 0.478 e. The van der Waals surface area contributed by atoms with Crippen LogP contribution in [-0.2, 0) is 17.5 Å². The molecule has 0 radical (unpaired) electrons. The van der Waals surface area contributed by atoms with Crippen molar-refractivity contribution in [3.05, 3.63) is 64.9 Å². The predicted molar refractivity (Wildman–Crippen MR) is 138 cm³/mol. The van der Waals surface area contributed by atoms with Crippen LogP contribution in [0.2, 0.25) is 0 Å². The molecular formula is C29H30F4N4O4. The lowest BCUT2D eigenvalue weighted by atomic mass is 9.66. The second-order valence-electron chi connectivity index (χ2n) is 11.1. The first-order valence-corrected chi connectivity index (χ1v) is 13.7. The van der Waals surface area contributed by atoms with Crippen LogP contribution in [0, 0.1) is 23.6 Å². The quantitative estimate of drug-likeness (QED) is 0.285. The second kappa shape index (κ2) is 11.6. The van der Waals surface area contributed by atoms with Gasteiger partial charge in [0.15, 0.2) is 11.6 Å². The number of rotatable bonds is 9. The summed E-state index contributed by atoms with van der Waals surface area (Å²) >= 11 is 0.